The van der Waals surface area contributed by atoms with Crippen LogP contribution in [0.25, 0.3) is 11.0 Å². The fraction of sp³-hybridized carbons (Fsp3) is 0.269. The molecule has 2 aromatic heterocycles. The van der Waals surface area contributed by atoms with Gasteiger partial charge in [-0.3, -0.25) is 19.3 Å². The van der Waals surface area contributed by atoms with Crippen LogP contribution in [0.2, 0.25) is 0 Å². The van der Waals surface area contributed by atoms with Gasteiger partial charge in [-0.1, -0.05) is 55.0 Å². The standard InChI is InChI=1S/C26H22N4O4S/c1-5-29-17-9-7-6-8-16(17)26(24(29)33)19-20(31)15-12-14(4)10-11-18(15)34-21(19)23(32)30(26)25-28-27-22(35-25)13(2)3/h6-13H,5H2,1-4H3. The second-order valence-electron chi connectivity index (χ2n) is 9.13. The molecule has 6 rings (SSSR count). The largest absolute Gasteiger partial charge is 0.450 e. The Morgan fingerprint density at radius 3 is 2.57 bits per heavy atom. The van der Waals surface area contributed by atoms with Gasteiger partial charge in [0.05, 0.1) is 16.6 Å². The summed E-state index contributed by atoms with van der Waals surface area (Å²) in [4.78, 5) is 45.3. The van der Waals surface area contributed by atoms with Crippen molar-refractivity contribution in [3.63, 3.8) is 0 Å². The van der Waals surface area contributed by atoms with Gasteiger partial charge in [-0.15, -0.1) is 10.2 Å². The van der Waals surface area contributed by atoms with Crippen LogP contribution in [0.1, 0.15) is 58.9 Å². The molecule has 2 aromatic carbocycles. The fourth-order valence-corrected chi connectivity index (χ4v) is 6.04. The molecular weight excluding hydrogens is 464 g/mol. The number of likely N-dealkylation sites (N-methyl/N-ethyl adjacent to an activating group) is 1. The number of benzene rings is 2. The Bertz CT molecular complexity index is 1620. The van der Waals surface area contributed by atoms with Gasteiger partial charge in [-0.2, -0.15) is 0 Å². The van der Waals surface area contributed by atoms with Crippen LogP contribution in [0.5, 0.6) is 0 Å². The first-order valence-corrected chi connectivity index (χ1v) is 12.3. The van der Waals surface area contributed by atoms with E-state index in [4.69, 9.17) is 4.42 Å². The number of fused-ring (bicyclic) bond motifs is 5. The van der Waals surface area contributed by atoms with E-state index in [1.807, 2.05) is 45.9 Å². The third-order valence-electron chi connectivity index (χ3n) is 6.71. The number of nitrogens with zero attached hydrogens (tertiary/aromatic N) is 4. The summed E-state index contributed by atoms with van der Waals surface area (Å²) in [6, 6.07) is 12.5. The van der Waals surface area contributed by atoms with Gasteiger partial charge in [0.2, 0.25) is 10.9 Å². The topological polar surface area (TPSA) is 96.6 Å². The number of aromatic nitrogens is 2. The molecule has 0 fully saturated rings. The van der Waals surface area contributed by atoms with Crippen LogP contribution < -0.4 is 15.2 Å². The molecule has 1 atom stereocenters. The van der Waals surface area contributed by atoms with Crippen molar-refractivity contribution in [3.8, 4) is 0 Å². The third-order valence-corrected chi connectivity index (χ3v) is 7.92. The zero-order valence-electron chi connectivity index (χ0n) is 19.7. The van der Waals surface area contributed by atoms with Crippen molar-refractivity contribution in [3.05, 3.63) is 80.1 Å². The van der Waals surface area contributed by atoms with Gasteiger partial charge >= 0.3 is 0 Å². The quantitative estimate of drug-likeness (QED) is 0.427. The Hall–Kier alpha value is -3.85. The van der Waals surface area contributed by atoms with E-state index in [1.165, 1.54) is 16.2 Å². The van der Waals surface area contributed by atoms with Crippen LogP contribution in [0.15, 0.2) is 51.7 Å². The van der Waals surface area contributed by atoms with Gasteiger partial charge in [-0.25, -0.2) is 0 Å². The van der Waals surface area contributed by atoms with Crippen molar-refractivity contribution in [2.24, 2.45) is 0 Å². The molecule has 9 heteroatoms. The van der Waals surface area contributed by atoms with Crippen LogP contribution in [-0.4, -0.2) is 28.6 Å². The monoisotopic (exact) mass is 486 g/mol. The Morgan fingerprint density at radius 1 is 1.09 bits per heavy atom. The van der Waals surface area contributed by atoms with E-state index in [0.29, 0.717) is 28.8 Å². The van der Waals surface area contributed by atoms with E-state index in [0.717, 1.165) is 10.6 Å². The first-order chi connectivity index (χ1) is 16.8. The average molecular weight is 487 g/mol. The van der Waals surface area contributed by atoms with Crippen molar-refractivity contribution in [1.29, 1.82) is 0 Å². The Labute approximate surface area is 204 Å². The molecule has 0 N–H and O–H groups in total. The van der Waals surface area contributed by atoms with Crippen LogP contribution in [0, 0.1) is 6.92 Å². The number of anilines is 2. The smallest absolute Gasteiger partial charge is 0.297 e. The van der Waals surface area contributed by atoms with Crippen LogP contribution >= 0.6 is 11.3 Å². The number of carbonyl (C=O) groups is 2. The highest BCUT2D eigenvalue weighted by Crippen LogP contribution is 2.54. The van der Waals surface area contributed by atoms with Gasteiger partial charge in [0, 0.05) is 18.0 Å². The lowest BCUT2D eigenvalue weighted by Crippen LogP contribution is -2.53. The van der Waals surface area contributed by atoms with Crippen LogP contribution in [0.3, 0.4) is 0 Å². The second-order valence-corrected chi connectivity index (χ2v) is 10.1. The molecule has 8 nitrogen and oxygen atoms in total. The molecule has 0 saturated heterocycles. The normalized spacial score (nSPS) is 18.9. The number of rotatable bonds is 3. The lowest BCUT2D eigenvalue weighted by atomic mass is 9.84. The minimum absolute atomic E-state index is 0.0373. The molecule has 4 aromatic rings. The molecule has 2 aliphatic heterocycles. The first kappa shape index (κ1) is 21.7. The summed E-state index contributed by atoms with van der Waals surface area (Å²) in [5.74, 6) is -1.00. The maximum absolute atomic E-state index is 14.3. The molecule has 0 saturated carbocycles. The van der Waals surface area contributed by atoms with Gasteiger partial charge in [0.15, 0.2) is 11.0 Å². The summed E-state index contributed by atoms with van der Waals surface area (Å²) >= 11 is 1.24. The van der Waals surface area contributed by atoms with E-state index in [-0.39, 0.29) is 28.3 Å². The number of aryl methyl sites for hydroxylation is 1. The Kier molecular flexibility index (Phi) is 4.53. The zero-order valence-corrected chi connectivity index (χ0v) is 20.5. The number of hydrogen-bond donors (Lipinski definition) is 0. The molecule has 4 heterocycles. The Morgan fingerprint density at radius 2 is 1.86 bits per heavy atom. The maximum Gasteiger partial charge on any atom is 0.297 e. The predicted octanol–water partition coefficient (Wildman–Crippen LogP) is 4.35. The highest BCUT2D eigenvalue weighted by molar-refractivity contribution is 7.15. The van der Waals surface area contributed by atoms with Crippen LogP contribution in [-0.2, 0) is 10.3 Å². The fourth-order valence-electron chi connectivity index (χ4n) is 5.14. The summed E-state index contributed by atoms with van der Waals surface area (Å²) < 4.78 is 6.07. The molecule has 176 valence electrons. The number of hydrogen-bond acceptors (Lipinski definition) is 7. The van der Waals surface area contributed by atoms with Gasteiger partial charge in [0.1, 0.15) is 10.6 Å². The summed E-state index contributed by atoms with van der Waals surface area (Å²) in [7, 11) is 0. The van der Waals surface area contributed by atoms with Crippen molar-refractivity contribution in [1.82, 2.24) is 10.2 Å². The zero-order chi connectivity index (χ0) is 24.6. The molecule has 1 unspecified atom stereocenters. The molecule has 2 aliphatic rings. The summed E-state index contributed by atoms with van der Waals surface area (Å²) in [6.45, 7) is 8.08. The molecular formula is C26H22N4O4S. The van der Waals surface area contributed by atoms with Crippen molar-refractivity contribution in [2.75, 3.05) is 16.3 Å². The van der Waals surface area contributed by atoms with E-state index >= 15 is 0 Å². The molecule has 2 amide bonds. The predicted molar refractivity (Wildman–Crippen MR) is 133 cm³/mol. The lowest BCUT2D eigenvalue weighted by Gasteiger charge is -2.31. The van der Waals surface area contributed by atoms with Crippen molar-refractivity contribution < 1.29 is 14.0 Å². The molecule has 0 bridgehead atoms. The van der Waals surface area contributed by atoms with E-state index in [1.54, 1.807) is 29.2 Å². The van der Waals surface area contributed by atoms with Gasteiger partial charge in [0.25, 0.3) is 11.8 Å². The summed E-state index contributed by atoms with van der Waals surface area (Å²) in [5.41, 5.74) is 0.314. The minimum Gasteiger partial charge on any atom is -0.450 e. The number of amides is 2. The molecule has 1 spiro atoms. The second kappa shape index (κ2) is 7.32. The minimum atomic E-state index is -1.72. The summed E-state index contributed by atoms with van der Waals surface area (Å²) in [6.07, 6.45) is 0. The summed E-state index contributed by atoms with van der Waals surface area (Å²) in [5, 5.41) is 9.88. The highest BCUT2D eigenvalue weighted by Gasteiger charge is 2.66. The average Bonchev–Trinajstić information content (AvgIpc) is 3.49. The number of carbonyl (C=O) groups excluding carboxylic acids is 2. The van der Waals surface area contributed by atoms with Crippen molar-refractivity contribution >= 4 is 44.9 Å². The van der Waals surface area contributed by atoms with Crippen LogP contribution in [0.4, 0.5) is 10.8 Å². The van der Waals surface area contributed by atoms with Gasteiger partial charge < -0.3 is 9.32 Å². The molecule has 0 aliphatic carbocycles. The number of para-hydroxylation sites is 1. The van der Waals surface area contributed by atoms with E-state index in [2.05, 4.69) is 10.2 Å². The van der Waals surface area contributed by atoms with Gasteiger partial charge in [-0.05, 0) is 32.0 Å². The lowest BCUT2D eigenvalue weighted by molar-refractivity contribution is -0.121. The van der Waals surface area contributed by atoms with E-state index in [9.17, 15) is 14.4 Å². The third kappa shape index (κ3) is 2.64. The molecule has 0 radical (unpaired) electrons. The molecule has 35 heavy (non-hydrogen) atoms. The SMILES string of the molecule is CCN1C(=O)C2(c3ccccc31)c1c(oc3ccc(C)cc3c1=O)C(=O)N2c1nnc(C(C)C)s1. The Balaban J connectivity index is 1.77. The van der Waals surface area contributed by atoms with Crippen molar-refractivity contribution in [2.45, 2.75) is 39.2 Å². The maximum atomic E-state index is 14.3. The highest BCUT2D eigenvalue weighted by atomic mass is 32.1. The van der Waals surface area contributed by atoms with E-state index < -0.39 is 16.9 Å². The first-order valence-electron chi connectivity index (χ1n) is 11.5.